The van der Waals surface area contributed by atoms with Crippen molar-refractivity contribution in [3.05, 3.63) is 95.6 Å². The van der Waals surface area contributed by atoms with E-state index in [9.17, 15) is 9.18 Å². The van der Waals surface area contributed by atoms with Crippen molar-refractivity contribution in [1.82, 2.24) is 10.3 Å². The predicted molar refractivity (Wildman–Crippen MR) is 95.3 cm³/mol. The first-order chi connectivity index (χ1) is 12.7. The third-order valence-electron chi connectivity index (χ3n) is 4.55. The van der Waals surface area contributed by atoms with E-state index in [-0.39, 0.29) is 23.7 Å². The topological polar surface area (TPSA) is 51.2 Å². The Balaban J connectivity index is 1.63. The fourth-order valence-electron chi connectivity index (χ4n) is 3.19. The van der Waals surface area contributed by atoms with Crippen LogP contribution < -0.4 is 10.1 Å². The molecule has 0 saturated heterocycles. The Labute approximate surface area is 150 Å². The zero-order valence-corrected chi connectivity index (χ0v) is 13.9. The first-order valence-corrected chi connectivity index (χ1v) is 8.40. The molecule has 5 heteroatoms. The van der Waals surface area contributed by atoms with Crippen molar-refractivity contribution in [3.63, 3.8) is 0 Å². The molecular weight excluding hydrogens is 331 g/mol. The number of para-hydroxylation sites is 1. The number of halogens is 1. The Morgan fingerprint density at radius 3 is 2.50 bits per heavy atom. The molecule has 0 saturated carbocycles. The Bertz CT molecular complexity index is 913. The van der Waals surface area contributed by atoms with Gasteiger partial charge in [0.15, 0.2) is 0 Å². The molecule has 26 heavy (non-hydrogen) atoms. The van der Waals surface area contributed by atoms with E-state index in [1.807, 2.05) is 36.4 Å². The van der Waals surface area contributed by atoms with Gasteiger partial charge in [-0.25, -0.2) is 4.39 Å². The summed E-state index contributed by atoms with van der Waals surface area (Å²) in [5.41, 5.74) is 2.57. The number of aromatic nitrogens is 1. The third kappa shape index (κ3) is 3.16. The summed E-state index contributed by atoms with van der Waals surface area (Å²) in [6.07, 6.45) is 3.35. The lowest BCUT2D eigenvalue weighted by molar-refractivity contribution is -0.123. The second kappa shape index (κ2) is 6.96. The zero-order chi connectivity index (χ0) is 17.9. The van der Waals surface area contributed by atoms with Crippen molar-refractivity contribution in [3.8, 4) is 5.75 Å². The average molecular weight is 348 g/mol. The molecule has 1 aliphatic rings. The maximum Gasteiger partial charge on any atom is 0.231 e. The van der Waals surface area contributed by atoms with Gasteiger partial charge in [-0.2, -0.15) is 0 Å². The van der Waals surface area contributed by atoms with Crippen LogP contribution in [0.15, 0.2) is 73.1 Å². The number of hydrogen-bond donors (Lipinski definition) is 1. The number of benzene rings is 2. The third-order valence-corrected chi connectivity index (χ3v) is 4.55. The maximum absolute atomic E-state index is 13.3. The minimum Gasteiger partial charge on any atom is -0.492 e. The van der Waals surface area contributed by atoms with E-state index in [1.165, 1.54) is 12.1 Å². The quantitative estimate of drug-likeness (QED) is 0.784. The first-order valence-electron chi connectivity index (χ1n) is 8.40. The van der Waals surface area contributed by atoms with E-state index in [0.717, 1.165) is 22.4 Å². The first kappa shape index (κ1) is 16.3. The second-order valence-electron chi connectivity index (χ2n) is 6.18. The fourth-order valence-corrected chi connectivity index (χ4v) is 3.19. The molecule has 1 N–H and O–H groups in total. The molecule has 0 bridgehead atoms. The molecule has 0 unspecified atom stereocenters. The molecule has 2 atom stereocenters. The van der Waals surface area contributed by atoms with Crippen molar-refractivity contribution in [2.75, 3.05) is 6.61 Å². The van der Waals surface area contributed by atoms with Crippen molar-refractivity contribution in [2.24, 2.45) is 0 Å². The van der Waals surface area contributed by atoms with Gasteiger partial charge >= 0.3 is 0 Å². The average Bonchev–Trinajstić information content (AvgIpc) is 3.12. The summed E-state index contributed by atoms with van der Waals surface area (Å²) in [5, 5.41) is 3.08. The highest BCUT2D eigenvalue weighted by atomic mass is 19.1. The molecule has 0 aliphatic carbocycles. The summed E-state index contributed by atoms with van der Waals surface area (Å²) in [5.74, 6) is -0.0568. The smallest absolute Gasteiger partial charge is 0.231 e. The molecule has 0 fully saturated rings. The number of ether oxygens (including phenoxy) is 1. The summed E-state index contributed by atoms with van der Waals surface area (Å²) in [7, 11) is 0. The molecule has 4 rings (SSSR count). The van der Waals surface area contributed by atoms with Crippen LogP contribution in [-0.2, 0) is 4.79 Å². The monoisotopic (exact) mass is 348 g/mol. The molecule has 2 heterocycles. The Hall–Kier alpha value is -3.21. The van der Waals surface area contributed by atoms with Gasteiger partial charge < -0.3 is 10.1 Å². The van der Waals surface area contributed by atoms with Gasteiger partial charge in [0, 0.05) is 18.0 Å². The van der Waals surface area contributed by atoms with Gasteiger partial charge in [0.05, 0.1) is 6.04 Å². The normalized spacial score (nSPS) is 16.4. The van der Waals surface area contributed by atoms with Crippen LogP contribution in [0.5, 0.6) is 5.75 Å². The Morgan fingerprint density at radius 2 is 1.73 bits per heavy atom. The van der Waals surface area contributed by atoms with Gasteiger partial charge in [0.1, 0.15) is 24.1 Å². The van der Waals surface area contributed by atoms with E-state index in [0.29, 0.717) is 6.61 Å². The SMILES string of the molecule is O=C(N[C@@H](c1ccncc1)c1ccc(F)cc1)[C@H]1COc2ccccc21. The van der Waals surface area contributed by atoms with Crippen LogP contribution >= 0.6 is 0 Å². The molecule has 0 spiro atoms. The summed E-state index contributed by atoms with van der Waals surface area (Å²) >= 11 is 0. The minimum atomic E-state index is -0.390. The molecule has 1 amide bonds. The van der Waals surface area contributed by atoms with Crippen molar-refractivity contribution in [2.45, 2.75) is 12.0 Å². The van der Waals surface area contributed by atoms with Gasteiger partial charge in [-0.3, -0.25) is 9.78 Å². The number of hydrogen-bond acceptors (Lipinski definition) is 3. The van der Waals surface area contributed by atoms with Crippen LogP contribution in [0.1, 0.15) is 28.7 Å². The molecule has 1 aliphatic heterocycles. The maximum atomic E-state index is 13.3. The summed E-state index contributed by atoms with van der Waals surface area (Å²) in [6.45, 7) is 0.317. The largest absolute Gasteiger partial charge is 0.492 e. The fraction of sp³-hybridized carbons (Fsp3) is 0.143. The molecule has 130 valence electrons. The Morgan fingerprint density at radius 1 is 1.04 bits per heavy atom. The highest BCUT2D eigenvalue weighted by Gasteiger charge is 2.31. The summed E-state index contributed by atoms with van der Waals surface area (Å²) < 4.78 is 18.9. The van der Waals surface area contributed by atoms with Gasteiger partial charge in [0.2, 0.25) is 5.91 Å². The highest BCUT2D eigenvalue weighted by molar-refractivity contribution is 5.86. The van der Waals surface area contributed by atoms with E-state index in [4.69, 9.17) is 4.74 Å². The van der Waals surface area contributed by atoms with Crippen molar-refractivity contribution in [1.29, 1.82) is 0 Å². The molecule has 2 aromatic carbocycles. The van der Waals surface area contributed by atoms with Gasteiger partial charge in [-0.15, -0.1) is 0 Å². The van der Waals surface area contributed by atoms with Gasteiger partial charge in [0.25, 0.3) is 0 Å². The van der Waals surface area contributed by atoms with E-state index >= 15 is 0 Å². The van der Waals surface area contributed by atoms with Crippen LogP contribution in [0.2, 0.25) is 0 Å². The molecule has 1 aromatic heterocycles. The van der Waals surface area contributed by atoms with Gasteiger partial charge in [-0.1, -0.05) is 30.3 Å². The Kier molecular flexibility index (Phi) is 4.35. The number of carbonyl (C=O) groups is 1. The van der Waals surface area contributed by atoms with Crippen molar-refractivity contribution < 1.29 is 13.9 Å². The van der Waals surface area contributed by atoms with Crippen molar-refractivity contribution >= 4 is 5.91 Å². The van der Waals surface area contributed by atoms with E-state index in [1.54, 1.807) is 24.5 Å². The van der Waals surface area contributed by atoms with Crippen LogP contribution in [-0.4, -0.2) is 17.5 Å². The lowest BCUT2D eigenvalue weighted by atomic mass is 9.96. The lowest BCUT2D eigenvalue weighted by Crippen LogP contribution is -2.34. The summed E-state index contributed by atoms with van der Waals surface area (Å²) in [6, 6.07) is 17.0. The standard InChI is InChI=1S/C21H17FN2O2/c22-16-7-5-14(6-8-16)20(15-9-11-23-12-10-15)24-21(25)18-13-26-19-4-2-1-3-17(18)19/h1-12,18,20H,13H2,(H,24,25)/t18-,20+/m0/s1. The lowest BCUT2D eigenvalue weighted by Gasteiger charge is -2.21. The van der Waals surface area contributed by atoms with E-state index in [2.05, 4.69) is 10.3 Å². The number of carbonyl (C=O) groups excluding carboxylic acids is 1. The number of nitrogens with zero attached hydrogens (tertiary/aromatic N) is 1. The zero-order valence-electron chi connectivity index (χ0n) is 13.9. The van der Waals surface area contributed by atoms with Gasteiger partial charge in [-0.05, 0) is 41.5 Å². The second-order valence-corrected chi connectivity index (χ2v) is 6.18. The van der Waals surface area contributed by atoms with Crippen LogP contribution in [0.4, 0.5) is 4.39 Å². The van der Waals surface area contributed by atoms with Crippen LogP contribution in [0.3, 0.4) is 0 Å². The molecule has 0 radical (unpaired) electrons. The number of rotatable bonds is 4. The van der Waals surface area contributed by atoms with E-state index < -0.39 is 0 Å². The number of amides is 1. The van der Waals surface area contributed by atoms with Crippen LogP contribution in [0, 0.1) is 5.82 Å². The highest BCUT2D eigenvalue weighted by Crippen LogP contribution is 2.34. The summed E-state index contributed by atoms with van der Waals surface area (Å²) in [4.78, 5) is 17.0. The number of nitrogens with one attached hydrogen (secondary N) is 1. The molecular formula is C21H17FN2O2. The van der Waals surface area contributed by atoms with Crippen LogP contribution in [0.25, 0.3) is 0 Å². The molecule has 4 nitrogen and oxygen atoms in total. The molecule has 3 aromatic rings. The predicted octanol–water partition coefficient (Wildman–Crippen LogP) is 3.60. The minimum absolute atomic E-state index is 0.124. The number of pyridine rings is 1. The number of fused-ring (bicyclic) bond motifs is 1.